The Kier molecular flexibility index (Phi) is 4.63. The maximum absolute atomic E-state index is 12.1. The van der Waals surface area contributed by atoms with E-state index in [0.29, 0.717) is 27.7 Å². The lowest BCUT2D eigenvalue weighted by Gasteiger charge is -2.28. The van der Waals surface area contributed by atoms with Crippen molar-refractivity contribution in [3.63, 3.8) is 0 Å². The minimum Gasteiger partial charge on any atom is -0.382 e. The fourth-order valence-corrected chi connectivity index (χ4v) is 3.36. The summed E-state index contributed by atoms with van der Waals surface area (Å²) in [7, 11) is 1.77. The Labute approximate surface area is 118 Å². The summed E-state index contributed by atoms with van der Waals surface area (Å²) in [6.45, 7) is 3.02. The number of hydrogen-bond donors (Lipinski definition) is 3. The van der Waals surface area contributed by atoms with E-state index < -0.39 is 0 Å². The van der Waals surface area contributed by atoms with Crippen molar-refractivity contribution >= 4 is 28.2 Å². The lowest BCUT2D eigenvalue weighted by Crippen LogP contribution is -2.33. The number of amides is 1. The van der Waals surface area contributed by atoms with Gasteiger partial charge >= 0.3 is 0 Å². The number of nitrogens with two attached hydrogens (primary N) is 1. The second-order valence-corrected chi connectivity index (χ2v) is 6.21. The second kappa shape index (κ2) is 6.23. The second-order valence-electron chi connectivity index (χ2n) is 5.22. The molecule has 1 fully saturated rings. The number of nitrogens with one attached hydrogen (secondary N) is 2. The van der Waals surface area contributed by atoms with Gasteiger partial charge in [-0.3, -0.25) is 4.79 Å². The standard InChI is InChI=1S/C13H22N4OS/c1-8-5-3-4-6-9(8)7-16-12(18)10-11(14)17-13(15-2)19-10/h8-9H,3-7,14H2,1-2H3,(H,15,17)(H,16,18). The summed E-state index contributed by atoms with van der Waals surface area (Å²) in [4.78, 5) is 16.7. The first-order valence-electron chi connectivity index (χ1n) is 6.84. The van der Waals surface area contributed by atoms with Gasteiger partial charge in [-0.25, -0.2) is 4.98 Å². The molecule has 1 aliphatic carbocycles. The summed E-state index contributed by atoms with van der Waals surface area (Å²) in [5.41, 5.74) is 5.75. The number of aromatic nitrogens is 1. The van der Waals surface area contributed by atoms with Gasteiger partial charge in [0.1, 0.15) is 10.7 Å². The van der Waals surface area contributed by atoms with Crippen LogP contribution >= 0.6 is 11.3 Å². The van der Waals surface area contributed by atoms with Gasteiger partial charge in [0.05, 0.1) is 0 Å². The minimum atomic E-state index is -0.103. The Balaban J connectivity index is 1.91. The van der Waals surface area contributed by atoms with Crippen LogP contribution in [-0.4, -0.2) is 24.5 Å². The number of anilines is 2. The van der Waals surface area contributed by atoms with Crippen LogP contribution in [-0.2, 0) is 0 Å². The highest BCUT2D eigenvalue weighted by Crippen LogP contribution is 2.29. The number of carbonyl (C=O) groups excluding carboxylic acids is 1. The third-order valence-corrected chi connectivity index (χ3v) is 4.97. The summed E-state index contributed by atoms with van der Waals surface area (Å²) in [5, 5.41) is 6.58. The van der Waals surface area contributed by atoms with Gasteiger partial charge in [0.2, 0.25) is 0 Å². The number of carbonyl (C=O) groups is 1. The Morgan fingerprint density at radius 3 is 2.84 bits per heavy atom. The van der Waals surface area contributed by atoms with Crippen LogP contribution in [0.25, 0.3) is 0 Å². The van der Waals surface area contributed by atoms with Crippen LogP contribution in [0.5, 0.6) is 0 Å². The van der Waals surface area contributed by atoms with Gasteiger partial charge in [-0.15, -0.1) is 0 Å². The smallest absolute Gasteiger partial charge is 0.265 e. The molecule has 6 heteroatoms. The van der Waals surface area contributed by atoms with E-state index >= 15 is 0 Å². The summed E-state index contributed by atoms with van der Waals surface area (Å²) >= 11 is 1.30. The van der Waals surface area contributed by atoms with Crippen molar-refractivity contribution in [3.05, 3.63) is 4.88 Å². The summed E-state index contributed by atoms with van der Waals surface area (Å²) in [6, 6.07) is 0. The predicted octanol–water partition coefficient (Wildman–Crippen LogP) is 2.32. The first kappa shape index (κ1) is 14.1. The fourth-order valence-electron chi connectivity index (χ4n) is 2.60. The third-order valence-electron chi connectivity index (χ3n) is 3.89. The van der Waals surface area contributed by atoms with E-state index in [4.69, 9.17) is 5.73 Å². The molecule has 1 saturated carbocycles. The number of rotatable bonds is 4. The van der Waals surface area contributed by atoms with Crippen molar-refractivity contribution in [2.24, 2.45) is 11.8 Å². The zero-order valence-corrected chi connectivity index (χ0v) is 12.3. The topological polar surface area (TPSA) is 80.0 Å². The van der Waals surface area contributed by atoms with E-state index in [1.165, 1.54) is 37.0 Å². The Hall–Kier alpha value is -1.30. The summed E-state index contributed by atoms with van der Waals surface area (Å²) in [6.07, 6.45) is 5.07. The number of nitrogen functional groups attached to an aromatic ring is 1. The fraction of sp³-hybridized carbons (Fsp3) is 0.692. The molecule has 19 heavy (non-hydrogen) atoms. The molecule has 1 heterocycles. The number of thiazole rings is 1. The molecule has 1 amide bonds. The lowest BCUT2D eigenvalue weighted by molar-refractivity contribution is 0.0941. The van der Waals surface area contributed by atoms with Gasteiger partial charge in [-0.2, -0.15) is 0 Å². The molecule has 1 aromatic rings. The van der Waals surface area contributed by atoms with E-state index in [2.05, 4.69) is 22.5 Å². The predicted molar refractivity (Wildman–Crippen MR) is 79.5 cm³/mol. The quantitative estimate of drug-likeness (QED) is 0.792. The first-order chi connectivity index (χ1) is 9.11. The van der Waals surface area contributed by atoms with Crippen molar-refractivity contribution < 1.29 is 4.79 Å². The van der Waals surface area contributed by atoms with Crippen LogP contribution in [0.1, 0.15) is 42.3 Å². The minimum absolute atomic E-state index is 0.103. The Morgan fingerprint density at radius 1 is 1.47 bits per heavy atom. The molecule has 2 unspecified atom stereocenters. The number of nitrogens with zero attached hydrogens (tertiary/aromatic N) is 1. The number of hydrogen-bond acceptors (Lipinski definition) is 5. The van der Waals surface area contributed by atoms with Gasteiger partial charge in [-0.1, -0.05) is 37.5 Å². The zero-order valence-electron chi connectivity index (χ0n) is 11.5. The molecule has 0 bridgehead atoms. The van der Waals surface area contributed by atoms with E-state index in [1.807, 2.05) is 0 Å². The van der Waals surface area contributed by atoms with E-state index in [-0.39, 0.29) is 5.91 Å². The van der Waals surface area contributed by atoms with Gasteiger partial charge in [-0.05, 0) is 18.3 Å². The molecule has 0 saturated heterocycles. The van der Waals surface area contributed by atoms with E-state index in [1.54, 1.807) is 7.05 Å². The molecular formula is C13H22N4OS. The average molecular weight is 282 g/mol. The molecule has 1 aromatic heterocycles. The van der Waals surface area contributed by atoms with Crippen molar-refractivity contribution in [2.45, 2.75) is 32.6 Å². The van der Waals surface area contributed by atoms with E-state index in [9.17, 15) is 4.79 Å². The monoisotopic (exact) mass is 282 g/mol. The van der Waals surface area contributed by atoms with Crippen molar-refractivity contribution in [1.29, 1.82) is 0 Å². The molecule has 0 radical (unpaired) electrons. The first-order valence-corrected chi connectivity index (χ1v) is 7.65. The molecule has 0 aliphatic heterocycles. The Bertz CT molecular complexity index is 446. The lowest BCUT2D eigenvalue weighted by atomic mass is 9.80. The van der Waals surface area contributed by atoms with Gasteiger partial charge < -0.3 is 16.4 Å². The van der Waals surface area contributed by atoms with Crippen LogP contribution in [0.4, 0.5) is 10.9 Å². The van der Waals surface area contributed by atoms with Gasteiger partial charge in [0.25, 0.3) is 5.91 Å². The van der Waals surface area contributed by atoms with Crippen LogP contribution in [0.2, 0.25) is 0 Å². The maximum atomic E-state index is 12.1. The maximum Gasteiger partial charge on any atom is 0.265 e. The highest BCUT2D eigenvalue weighted by molar-refractivity contribution is 7.18. The molecule has 0 spiro atoms. The van der Waals surface area contributed by atoms with Crippen molar-refractivity contribution in [2.75, 3.05) is 24.6 Å². The van der Waals surface area contributed by atoms with Crippen LogP contribution in [0, 0.1) is 11.8 Å². The average Bonchev–Trinajstić information content (AvgIpc) is 2.79. The molecule has 5 nitrogen and oxygen atoms in total. The molecule has 0 aromatic carbocycles. The molecular weight excluding hydrogens is 260 g/mol. The highest BCUT2D eigenvalue weighted by Gasteiger charge is 2.23. The van der Waals surface area contributed by atoms with Gasteiger partial charge in [0.15, 0.2) is 5.13 Å². The van der Waals surface area contributed by atoms with Crippen molar-refractivity contribution in [3.8, 4) is 0 Å². The summed E-state index contributed by atoms with van der Waals surface area (Å²) in [5.74, 6) is 1.49. The highest BCUT2D eigenvalue weighted by atomic mass is 32.1. The summed E-state index contributed by atoms with van der Waals surface area (Å²) < 4.78 is 0. The van der Waals surface area contributed by atoms with Gasteiger partial charge in [0, 0.05) is 13.6 Å². The molecule has 106 valence electrons. The van der Waals surface area contributed by atoms with Crippen LogP contribution < -0.4 is 16.4 Å². The van der Waals surface area contributed by atoms with E-state index in [0.717, 1.165) is 6.54 Å². The molecule has 1 aliphatic rings. The van der Waals surface area contributed by atoms with Crippen LogP contribution in [0.3, 0.4) is 0 Å². The SMILES string of the molecule is CNc1nc(N)c(C(=O)NCC2CCCCC2C)s1. The third kappa shape index (κ3) is 3.37. The largest absolute Gasteiger partial charge is 0.382 e. The molecule has 4 N–H and O–H groups in total. The molecule has 2 rings (SSSR count). The van der Waals surface area contributed by atoms with Crippen molar-refractivity contribution in [1.82, 2.24) is 10.3 Å². The van der Waals surface area contributed by atoms with Crippen LogP contribution in [0.15, 0.2) is 0 Å². The zero-order chi connectivity index (χ0) is 13.8. The molecule has 2 atom stereocenters. The Morgan fingerprint density at radius 2 is 2.21 bits per heavy atom. The normalized spacial score (nSPS) is 23.1.